The van der Waals surface area contributed by atoms with Crippen molar-refractivity contribution in [2.75, 3.05) is 13.1 Å². The first kappa shape index (κ1) is 20.8. The summed E-state index contributed by atoms with van der Waals surface area (Å²) >= 11 is 6.01. The number of fused-ring (bicyclic) bond motifs is 2. The van der Waals surface area contributed by atoms with Crippen molar-refractivity contribution in [3.05, 3.63) is 81.4 Å². The van der Waals surface area contributed by atoms with Gasteiger partial charge in [0.1, 0.15) is 5.82 Å². The highest BCUT2D eigenvalue weighted by molar-refractivity contribution is 6.31. The van der Waals surface area contributed by atoms with E-state index in [9.17, 15) is 14.4 Å². The van der Waals surface area contributed by atoms with Gasteiger partial charge in [0.25, 0.3) is 11.5 Å². The molecular weight excluding hydrogens is 416 g/mol. The summed E-state index contributed by atoms with van der Waals surface area (Å²) in [5, 5.41) is 0.921. The molecule has 1 aromatic heterocycles. The van der Waals surface area contributed by atoms with Gasteiger partial charge in [-0.2, -0.15) is 0 Å². The van der Waals surface area contributed by atoms with Gasteiger partial charge >= 0.3 is 0 Å². The Bertz CT molecular complexity index is 1230. The Hall–Kier alpha value is -3.45. The third kappa shape index (κ3) is 3.96. The van der Waals surface area contributed by atoms with Crippen molar-refractivity contribution < 1.29 is 9.59 Å². The van der Waals surface area contributed by atoms with Gasteiger partial charge in [-0.05, 0) is 31.2 Å². The number of nitrogens with zero attached hydrogens (tertiary/aromatic N) is 3. The van der Waals surface area contributed by atoms with Crippen LogP contribution < -0.4 is 5.56 Å². The number of nitrogens with one attached hydrogen (secondary N) is 1. The maximum absolute atomic E-state index is 12.8. The Balaban J connectivity index is 1.46. The highest BCUT2D eigenvalue weighted by Gasteiger charge is 2.31. The summed E-state index contributed by atoms with van der Waals surface area (Å²) in [6, 6.07) is 12.1. The molecule has 31 heavy (non-hydrogen) atoms. The minimum absolute atomic E-state index is 0.135. The number of H-pyrrole nitrogens is 1. The Labute approximate surface area is 184 Å². The number of benzene rings is 2. The number of aromatic amines is 1. The molecule has 4 rings (SSSR count). The lowest BCUT2D eigenvalue weighted by Crippen LogP contribution is -2.35. The predicted octanol–water partition coefficient (Wildman–Crippen LogP) is 3.44. The van der Waals surface area contributed by atoms with Gasteiger partial charge < -0.3 is 14.8 Å². The molecule has 0 aliphatic carbocycles. The van der Waals surface area contributed by atoms with Gasteiger partial charge in [-0.1, -0.05) is 36.4 Å². The molecule has 7 nitrogen and oxygen atoms in total. The number of hydrogen-bond donors (Lipinski definition) is 1. The van der Waals surface area contributed by atoms with E-state index in [1.54, 1.807) is 29.2 Å². The van der Waals surface area contributed by atoms with Crippen LogP contribution in [0.5, 0.6) is 0 Å². The zero-order valence-corrected chi connectivity index (χ0v) is 17.8. The summed E-state index contributed by atoms with van der Waals surface area (Å²) in [6.07, 6.45) is 0.135. The Morgan fingerprint density at radius 1 is 1.19 bits per heavy atom. The number of halogens is 1. The molecule has 0 atom stereocenters. The van der Waals surface area contributed by atoms with Crippen molar-refractivity contribution in [2.24, 2.45) is 0 Å². The zero-order chi connectivity index (χ0) is 22.1. The largest absolute Gasteiger partial charge is 0.335 e. The van der Waals surface area contributed by atoms with Crippen molar-refractivity contribution in [1.82, 2.24) is 19.8 Å². The van der Waals surface area contributed by atoms with Crippen LogP contribution in [0, 0.1) is 0 Å². The monoisotopic (exact) mass is 436 g/mol. The summed E-state index contributed by atoms with van der Waals surface area (Å²) in [7, 11) is 0. The number of aromatic nitrogens is 2. The maximum atomic E-state index is 12.8. The van der Waals surface area contributed by atoms with E-state index >= 15 is 0 Å². The Morgan fingerprint density at radius 2 is 1.94 bits per heavy atom. The van der Waals surface area contributed by atoms with Crippen LogP contribution in [0.4, 0.5) is 0 Å². The average molecular weight is 437 g/mol. The lowest BCUT2D eigenvalue weighted by molar-refractivity contribution is -0.131. The first-order chi connectivity index (χ1) is 14.9. The van der Waals surface area contributed by atoms with Crippen LogP contribution >= 0.6 is 11.6 Å². The molecule has 0 saturated heterocycles. The standard InChI is InChI=1S/C23H21ClN4O3/c1-3-27(13-20-25-19-12-15(24)8-9-18(19)22(30)26-20)21(29)10-11-28-14(2)16-6-4-5-7-17(16)23(28)31/h4-9,12H,2-3,10-11,13H2,1H3,(H,25,26,30). The van der Waals surface area contributed by atoms with E-state index in [4.69, 9.17) is 11.6 Å². The smallest absolute Gasteiger partial charge is 0.258 e. The molecule has 1 N–H and O–H groups in total. The molecule has 0 fully saturated rings. The van der Waals surface area contributed by atoms with Crippen molar-refractivity contribution in [2.45, 2.75) is 19.9 Å². The number of rotatable bonds is 6. The highest BCUT2D eigenvalue weighted by Crippen LogP contribution is 2.31. The van der Waals surface area contributed by atoms with E-state index in [-0.39, 0.29) is 36.9 Å². The fourth-order valence-corrected chi connectivity index (χ4v) is 3.90. The SMILES string of the molecule is C=C1c2ccccc2C(=O)N1CCC(=O)N(CC)Cc1nc2cc(Cl)ccc2c(=O)[nH]1. The number of carbonyl (C=O) groups excluding carboxylic acids is 2. The predicted molar refractivity (Wildman–Crippen MR) is 120 cm³/mol. The average Bonchev–Trinajstić information content (AvgIpc) is 3.00. The molecule has 0 unspecified atom stereocenters. The lowest BCUT2D eigenvalue weighted by Gasteiger charge is -2.23. The van der Waals surface area contributed by atoms with Crippen LogP contribution in [0.25, 0.3) is 16.6 Å². The van der Waals surface area contributed by atoms with Gasteiger partial charge in [-0.25, -0.2) is 4.98 Å². The summed E-state index contributed by atoms with van der Waals surface area (Å²) in [5.74, 6) is 0.0887. The van der Waals surface area contributed by atoms with Crippen LogP contribution in [-0.2, 0) is 11.3 Å². The molecular formula is C23H21ClN4O3. The van der Waals surface area contributed by atoms with Gasteiger partial charge in [0, 0.05) is 41.4 Å². The van der Waals surface area contributed by atoms with E-state index in [1.165, 1.54) is 4.90 Å². The Morgan fingerprint density at radius 3 is 2.65 bits per heavy atom. The normalized spacial score (nSPS) is 13.0. The van der Waals surface area contributed by atoms with E-state index in [0.29, 0.717) is 39.6 Å². The van der Waals surface area contributed by atoms with Crippen molar-refractivity contribution >= 4 is 40.0 Å². The molecule has 0 radical (unpaired) electrons. The summed E-state index contributed by atoms with van der Waals surface area (Å²) < 4.78 is 0. The summed E-state index contributed by atoms with van der Waals surface area (Å²) in [5.41, 5.74) is 2.20. The fourth-order valence-electron chi connectivity index (χ4n) is 3.73. The molecule has 2 heterocycles. The van der Waals surface area contributed by atoms with Crippen LogP contribution in [0.15, 0.2) is 53.8 Å². The van der Waals surface area contributed by atoms with Crippen LogP contribution in [0.1, 0.15) is 35.1 Å². The first-order valence-corrected chi connectivity index (χ1v) is 10.3. The number of amides is 2. The lowest BCUT2D eigenvalue weighted by atomic mass is 10.1. The van der Waals surface area contributed by atoms with Crippen LogP contribution in [0.3, 0.4) is 0 Å². The summed E-state index contributed by atoms with van der Waals surface area (Å²) in [6.45, 7) is 6.68. The van der Waals surface area contributed by atoms with Gasteiger partial charge in [0.2, 0.25) is 5.91 Å². The minimum atomic E-state index is -0.281. The van der Waals surface area contributed by atoms with E-state index in [0.717, 1.165) is 5.56 Å². The molecule has 0 saturated carbocycles. The van der Waals surface area contributed by atoms with Crippen molar-refractivity contribution in [3.63, 3.8) is 0 Å². The number of hydrogen-bond acceptors (Lipinski definition) is 4. The van der Waals surface area contributed by atoms with E-state index < -0.39 is 0 Å². The highest BCUT2D eigenvalue weighted by atomic mass is 35.5. The zero-order valence-electron chi connectivity index (χ0n) is 17.0. The topological polar surface area (TPSA) is 86.4 Å². The molecule has 0 spiro atoms. The van der Waals surface area contributed by atoms with Crippen LogP contribution in [0.2, 0.25) is 5.02 Å². The molecule has 1 aliphatic rings. The fraction of sp³-hybridized carbons (Fsp3) is 0.217. The molecule has 3 aromatic rings. The van der Waals surface area contributed by atoms with Gasteiger partial charge in [0.15, 0.2) is 0 Å². The molecule has 2 amide bonds. The second kappa shape index (κ2) is 8.35. The van der Waals surface area contributed by atoms with Gasteiger partial charge in [0.05, 0.1) is 17.4 Å². The van der Waals surface area contributed by atoms with Crippen LogP contribution in [-0.4, -0.2) is 44.7 Å². The van der Waals surface area contributed by atoms with Gasteiger partial charge in [-0.3, -0.25) is 14.4 Å². The van der Waals surface area contributed by atoms with Crippen molar-refractivity contribution in [1.29, 1.82) is 0 Å². The molecule has 0 bridgehead atoms. The first-order valence-electron chi connectivity index (χ1n) is 9.95. The molecule has 2 aromatic carbocycles. The molecule has 158 valence electrons. The molecule has 1 aliphatic heterocycles. The minimum Gasteiger partial charge on any atom is -0.335 e. The Kier molecular flexibility index (Phi) is 5.61. The van der Waals surface area contributed by atoms with Crippen molar-refractivity contribution in [3.8, 4) is 0 Å². The van der Waals surface area contributed by atoms with Gasteiger partial charge in [-0.15, -0.1) is 0 Å². The third-order valence-corrected chi connectivity index (χ3v) is 5.62. The van der Waals surface area contributed by atoms with E-state index in [1.807, 2.05) is 25.1 Å². The second-order valence-corrected chi connectivity index (χ2v) is 7.72. The number of carbonyl (C=O) groups is 2. The summed E-state index contributed by atoms with van der Waals surface area (Å²) in [4.78, 5) is 48.1. The van der Waals surface area contributed by atoms with E-state index in [2.05, 4.69) is 16.5 Å². The molecule has 8 heteroatoms. The third-order valence-electron chi connectivity index (χ3n) is 5.38. The quantitative estimate of drug-likeness (QED) is 0.641. The second-order valence-electron chi connectivity index (χ2n) is 7.28. The maximum Gasteiger partial charge on any atom is 0.258 e.